The zero-order chi connectivity index (χ0) is 16.4. The molecule has 1 aliphatic carbocycles. The molecule has 3 nitrogen and oxygen atoms in total. The van der Waals surface area contributed by atoms with E-state index in [9.17, 15) is 9.59 Å². The predicted molar refractivity (Wildman–Crippen MR) is 90.1 cm³/mol. The van der Waals surface area contributed by atoms with Crippen molar-refractivity contribution in [1.29, 1.82) is 0 Å². The molecule has 0 unspecified atom stereocenters. The zero-order valence-electron chi connectivity index (χ0n) is 13.3. The molecule has 0 aromatic heterocycles. The summed E-state index contributed by atoms with van der Waals surface area (Å²) in [5, 5.41) is 0. The number of Topliss-reactive ketones (excluding diaryl/α,β-unsaturated/α-hetero) is 1. The smallest absolute Gasteiger partial charge is 0.334 e. The maximum atomic E-state index is 13.0. The van der Waals surface area contributed by atoms with Crippen molar-refractivity contribution in [3.8, 4) is 11.1 Å². The molecule has 3 heteroatoms. The molecule has 23 heavy (non-hydrogen) atoms. The highest BCUT2D eigenvalue weighted by Gasteiger charge is 2.31. The van der Waals surface area contributed by atoms with E-state index in [1.165, 1.54) is 0 Å². The molecule has 0 fully saturated rings. The van der Waals surface area contributed by atoms with Crippen LogP contribution in [0.15, 0.2) is 54.1 Å². The average Bonchev–Trinajstić information content (AvgIpc) is 2.59. The summed E-state index contributed by atoms with van der Waals surface area (Å²) < 4.78 is 5.15. The molecule has 0 saturated heterocycles. The highest BCUT2D eigenvalue weighted by atomic mass is 16.5. The van der Waals surface area contributed by atoms with Crippen LogP contribution in [0, 0.1) is 0 Å². The van der Waals surface area contributed by atoms with Gasteiger partial charge in [-0.3, -0.25) is 4.79 Å². The molecular formula is C20H18O3. The number of hydrogen-bond donors (Lipinski definition) is 0. The first-order chi connectivity index (χ1) is 11.2. The van der Waals surface area contributed by atoms with Crippen LogP contribution >= 0.6 is 0 Å². The summed E-state index contributed by atoms with van der Waals surface area (Å²) in [6.45, 7) is 3.93. The average molecular weight is 306 g/mol. The van der Waals surface area contributed by atoms with E-state index in [1.54, 1.807) is 6.92 Å². The number of esters is 1. The molecule has 116 valence electrons. The second-order valence-corrected chi connectivity index (χ2v) is 5.35. The first kappa shape index (κ1) is 15.2. The van der Waals surface area contributed by atoms with Crippen LogP contribution in [0.4, 0.5) is 0 Å². The summed E-state index contributed by atoms with van der Waals surface area (Å²) in [4.78, 5) is 25.3. The highest BCUT2D eigenvalue weighted by molar-refractivity contribution is 6.37. The lowest BCUT2D eigenvalue weighted by Gasteiger charge is -2.23. The number of ketones is 1. The number of carbonyl (C=O) groups is 2. The van der Waals surface area contributed by atoms with E-state index in [1.807, 2.05) is 55.5 Å². The van der Waals surface area contributed by atoms with E-state index >= 15 is 0 Å². The van der Waals surface area contributed by atoms with Gasteiger partial charge in [-0.2, -0.15) is 0 Å². The van der Waals surface area contributed by atoms with Crippen molar-refractivity contribution in [2.45, 2.75) is 20.3 Å². The van der Waals surface area contributed by atoms with Gasteiger partial charge in [0.15, 0.2) is 5.78 Å². The van der Waals surface area contributed by atoms with E-state index in [2.05, 4.69) is 0 Å². The van der Waals surface area contributed by atoms with Gasteiger partial charge >= 0.3 is 5.97 Å². The van der Waals surface area contributed by atoms with Crippen LogP contribution < -0.4 is 0 Å². The van der Waals surface area contributed by atoms with Gasteiger partial charge in [0.1, 0.15) is 0 Å². The van der Waals surface area contributed by atoms with Gasteiger partial charge in [-0.15, -0.1) is 0 Å². The van der Waals surface area contributed by atoms with Crippen molar-refractivity contribution < 1.29 is 14.3 Å². The Morgan fingerprint density at radius 1 is 0.870 bits per heavy atom. The Hall–Kier alpha value is -2.68. The fraction of sp³-hybridized carbons (Fsp3) is 0.200. The number of rotatable bonds is 3. The number of hydrogen-bond acceptors (Lipinski definition) is 3. The van der Waals surface area contributed by atoms with Crippen LogP contribution in [0.25, 0.3) is 16.7 Å². The Morgan fingerprint density at radius 2 is 1.39 bits per heavy atom. The molecule has 2 aromatic rings. The third-order valence-corrected chi connectivity index (χ3v) is 4.06. The zero-order valence-corrected chi connectivity index (χ0v) is 13.3. The van der Waals surface area contributed by atoms with Crippen molar-refractivity contribution >= 4 is 17.3 Å². The van der Waals surface area contributed by atoms with Gasteiger partial charge in [-0.05, 0) is 30.0 Å². The maximum absolute atomic E-state index is 13.0. The minimum Gasteiger partial charge on any atom is -0.463 e. The third kappa shape index (κ3) is 2.48. The molecule has 0 spiro atoms. The van der Waals surface area contributed by atoms with Gasteiger partial charge in [-0.1, -0.05) is 55.5 Å². The summed E-state index contributed by atoms with van der Waals surface area (Å²) in [6, 6.07) is 15.2. The van der Waals surface area contributed by atoms with Crippen LogP contribution in [0.1, 0.15) is 36.2 Å². The molecule has 0 saturated carbocycles. The molecule has 2 aromatic carbocycles. The van der Waals surface area contributed by atoms with Crippen molar-refractivity contribution in [3.05, 3.63) is 65.2 Å². The molecule has 1 aliphatic rings. The minimum atomic E-state index is -0.410. The lowest BCUT2D eigenvalue weighted by atomic mass is 9.79. The van der Waals surface area contributed by atoms with Gasteiger partial charge in [0.2, 0.25) is 0 Å². The second-order valence-electron chi connectivity index (χ2n) is 5.35. The summed E-state index contributed by atoms with van der Waals surface area (Å²) in [6.07, 6.45) is 0.455. The predicted octanol–water partition coefficient (Wildman–Crippen LogP) is 4.28. The van der Waals surface area contributed by atoms with E-state index in [-0.39, 0.29) is 5.78 Å². The molecule has 0 atom stereocenters. The minimum absolute atomic E-state index is 0.107. The molecule has 0 radical (unpaired) electrons. The van der Waals surface area contributed by atoms with Crippen molar-refractivity contribution in [2.24, 2.45) is 0 Å². The molecule has 0 amide bonds. The summed E-state index contributed by atoms with van der Waals surface area (Å²) in [5.41, 5.74) is 4.25. The number of ether oxygens (including phenoxy) is 1. The molecule has 0 aliphatic heterocycles. The molecule has 0 bridgehead atoms. The Kier molecular flexibility index (Phi) is 4.11. The molecule has 3 rings (SSSR count). The van der Waals surface area contributed by atoms with Gasteiger partial charge in [0.25, 0.3) is 0 Å². The Bertz CT molecular complexity index is 815. The van der Waals surface area contributed by atoms with Crippen LogP contribution in [0.3, 0.4) is 0 Å². The van der Waals surface area contributed by atoms with E-state index in [4.69, 9.17) is 4.74 Å². The van der Waals surface area contributed by atoms with Gasteiger partial charge in [0.05, 0.1) is 6.61 Å². The molecular weight excluding hydrogens is 288 g/mol. The van der Waals surface area contributed by atoms with Gasteiger partial charge in [-0.25, -0.2) is 4.79 Å². The quantitative estimate of drug-likeness (QED) is 0.628. The fourth-order valence-corrected chi connectivity index (χ4v) is 3.05. The third-order valence-electron chi connectivity index (χ3n) is 4.06. The van der Waals surface area contributed by atoms with E-state index in [0.717, 1.165) is 16.7 Å². The summed E-state index contributed by atoms with van der Waals surface area (Å²) in [7, 11) is 0. The standard InChI is InChI=1S/C20H18O3/c1-3-13(20(22)23-4-2)18-16-11-7-5-9-14(16)15-10-6-8-12-17(15)19(18)21/h5-12H,3-4H2,1-2H3/b18-13+. The van der Waals surface area contributed by atoms with E-state index < -0.39 is 5.97 Å². The Balaban J connectivity index is 2.31. The molecule has 0 N–H and O–H groups in total. The van der Waals surface area contributed by atoms with E-state index in [0.29, 0.717) is 29.7 Å². The van der Waals surface area contributed by atoms with Crippen molar-refractivity contribution in [3.63, 3.8) is 0 Å². The first-order valence-corrected chi connectivity index (χ1v) is 7.82. The first-order valence-electron chi connectivity index (χ1n) is 7.82. The maximum Gasteiger partial charge on any atom is 0.334 e. The monoisotopic (exact) mass is 306 g/mol. The normalized spacial score (nSPS) is 14.8. The van der Waals surface area contributed by atoms with Gasteiger partial charge < -0.3 is 4.74 Å². The van der Waals surface area contributed by atoms with Crippen LogP contribution in [0.5, 0.6) is 0 Å². The Morgan fingerprint density at radius 3 is 1.96 bits per heavy atom. The van der Waals surface area contributed by atoms with Crippen LogP contribution in [0.2, 0.25) is 0 Å². The number of allylic oxidation sites excluding steroid dienone is 1. The summed E-state index contributed by atoms with van der Waals surface area (Å²) >= 11 is 0. The second kappa shape index (κ2) is 6.21. The SMILES string of the molecule is CCOC(=O)/C(CC)=C1/C(=O)c2ccccc2-c2ccccc21. The highest BCUT2D eigenvalue weighted by Crippen LogP contribution is 2.40. The van der Waals surface area contributed by atoms with Crippen molar-refractivity contribution in [1.82, 2.24) is 0 Å². The Labute approximate surface area is 135 Å². The largest absolute Gasteiger partial charge is 0.463 e. The fourth-order valence-electron chi connectivity index (χ4n) is 3.05. The van der Waals surface area contributed by atoms with Gasteiger partial charge in [0, 0.05) is 16.7 Å². The lowest BCUT2D eigenvalue weighted by Crippen LogP contribution is -2.18. The van der Waals surface area contributed by atoms with Crippen LogP contribution in [-0.4, -0.2) is 18.4 Å². The lowest BCUT2D eigenvalue weighted by molar-refractivity contribution is -0.138. The molecule has 0 heterocycles. The number of fused-ring (bicyclic) bond motifs is 3. The number of carbonyl (C=O) groups excluding carboxylic acids is 2. The van der Waals surface area contributed by atoms with Crippen LogP contribution in [-0.2, 0) is 9.53 Å². The van der Waals surface area contributed by atoms with Crippen molar-refractivity contribution in [2.75, 3.05) is 6.61 Å². The topological polar surface area (TPSA) is 43.4 Å². The number of benzene rings is 2. The summed E-state index contributed by atoms with van der Waals surface area (Å²) in [5.74, 6) is -0.517.